The summed E-state index contributed by atoms with van der Waals surface area (Å²) in [6.45, 7) is 15.4. The lowest BCUT2D eigenvalue weighted by Gasteiger charge is -2.25. The van der Waals surface area contributed by atoms with Crippen LogP contribution in [0.4, 0.5) is 0 Å². The SMILES string of the molecule is CCCCCCCCCCCC(=O)c1cc2c(O)c(c1)Cc1cc(C(=O)CCCCCCCCCCC)cc(c1OP(=O)(OCC)OCC)Cc1cc(C(=O)CCCCCCCCCCC)cc(c1O)Cc1cc(C(=O)CCCCCCCCCCC)cc(c1OP(=O)(OCC)OCC)C2. The van der Waals surface area contributed by atoms with Crippen molar-refractivity contribution >= 4 is 38.8 Å². The maximum absolute atomic E-state index is 15.0. The standard InChI is InChI=1S/C84H130O14P2/c1-9-17-21-25-29-33-37-41-45-49-77(85)65-53-69-61-73-57-67(79(87)51-47-43-39-35-31-27-23-19-11-3)59-75(83(73)97-99(91,93-13-5)94-14-6)63-71-55-66(78(86)50-46-42-38-34-30-26-22-18-10-2)56-72(82(71)90)64-76-60-68(80(88)52-48-44-40-36-32-28-24-20-12-4)58-74(62-70(54-65)81(69)89)84(76)98-100(92,95-15-7)96-16-8/h53-60,89-90H,9-52,61-64H2,1-8H3. The number of fused-ring (bicyclic) bond motifs is 8. The van der Waals surface area contributed by atoms with E-state index < -0.39 is 15.6 Å². The van der Waals surface area contributed by atoms with Gasteiger partial charge in [-0.15, -0.1) is 0 Å². The Morgan fingerprint density at radius 2 is 0.450 bits per heavy atom. The maximum atomic E-state index is 15.0. The highest BCUT2D eigenvalue weighted by atomic mass is 31.2. The van der Waals surface area contributed by atoms with Crippen LogP contribution in [-0.4, -0.2) is 59.8 Å². The quantitative estimate of drug-likeness (QED) is 0.0212. The van der Waals surface area contributed by atoms with Crippen molar-refractivity contribution in [2.24, 2.45) is 0 Å². The molecule has 0 amide bonds. The van der Waals surface area contributed by atoms with Gasteiger partial charge in [-0.05, 0) is 124 Å². The minimum atomic E-state index is -4.44. The highest BCUT2D eigenvalue weighted by molar-refractivity contribution is 7.49. The zero-order valence-corrected chi connectivity index (χ0v) is 65.0. The largest absolute Gasteiger partial charge is 0.530 e. The normalized spacial score (nSPS) is 12.5. The second-order valence-corrected chi connectivity index (χ2v) is 31.2. The molecule has 16 heteroatoms. The van der Waals surface area contributed by atoms with E-state index in [9.17, 15) is 38.5 Å². The lowest BCUT2D eigenvalue weighted by molar-refractivity contribution is 0.0971. The molecular formula is C84H130O14P2. The molecule has 0 unspecified atom stereocenters. The van der Waals surface area contributed by atoms with E-state index in [4.69, 9.17) is 27.1 Å². The Hall–Kier alpha value is -4.94. The van der Waals surface area contributed by atoms with Crippen LogP contribution in [0.1, 0.15) is 398 Å². The third kappa shape index (κ3) is 30.4. The van der Waals surface area contributed by atoms with Crippen molar-refractivity contribution in [3.05, 3.63) is 115 Å². The summed E-state index contributed by atoms with van der Waals surface area (Å²) >= 11 is 0. The first-order valence-electron chi connectivity index (χ1n) is 39.8. The Balaban J connectivity index is 1.82. The molecule has 14 nitrogen and oxygen atoms in total. The van der Waals surface area contributed by atoms with Gasteiger partial charge in [-0.25, -0.2) is 9.13 Å². The van der Waals surface area contributed by atoms with Gasteiger partial charge in [-0.1, -0.05) is 233 Å². The Kier molecular flexibility index (Phi) is 41.9. The summed E-state index contributed by atoms with van der Waals surface area (Å²) < 4.78 is 66.6. The summed E-state index contributed by atoms with van der Waals surface area (Å²) in [6, 6.07) is 13.5. The molecule has 0 saturated heterocycles. The van der Waals surface area contributed by atoms with Crippen molar-refractivity contribution in [1.82, 2.24) is 0 Å². The average molecular weight is 1430 g/mol. The van der Waals surface area contributed by atoms with Crippen molar-refractivity contribution in [2.75, 3.05) is 26.4 Å². The Morgan fingerprint density at radius 3 is 0.630 bits per heavy atom. The molecule has 2 N–H and O–H groups in total. The van der Waals surface area contributed by atoms with Gasteiger partial charge in [-0.3, -0.25) is 37.3 Å². The zero-order chi connectivity index (χ0) is 72.4. The number of phenols is 2. The highest BCUT2D eigenvalue weighted by Crippen LogP contribution is 2.54. The van der Waals surface area contributed by atoms with Crippen molar-refractivity contribution in [3.8, 4) is 23.0 Å². The number of hydrogen-bond donors (Lipinski definition) is 2. The molecule has 0 radical (unpaired) electrons. The Morgan fingerprint density at radius 1 is 0.280 bits per heavy atom. The number of ketones is 4. The number of phenolic OH excluding ortho intramolecular Hbond substituents is 2. The number of Topliss-reactive ketones (excluding diaryl/α,β-unsaturated/α-hetero) is 4. The molecule has 1 aliphatic rings. The minimum Gasteiger partial charge on any atom is -0.507 e. The number of aromatic hydroxyl groups is 2. The van der Waals surface area contributed by atoms with Crippen LogP contribution in [0.15, 0.2) is 48.5 Å². The number of benzene rings is 4. The van der Waals surface area contributed by atoms with Gasteiger partial charge in [0, 0.05) is 95.9 Å². The van der Waals surface area contributed by atoms with Crippen LogP contribution >= 0.6 is 15.6 Å². The topological polar surface area (TPSA) is 198 Å². The second kappa shape index (κ2) is 48.9. The molecule has 0 spiro atoms. The molecule has 8 bridgehead atoms. The van der Waals surface area contributed by atoms with Crippen molar-refractivity contribution < 1.29 is 65.7 Å². The molecule has 560 valence electrons. The molecule has 1 aliphatic carbocycles. The smallest absolute Gasteiger partial charge is 0.507 e. The third-order valence-corrected chi connectivity index (χ3v) is 22.5. The van der Waals surface area contributed by atoms with E-state index in [-0.39, 0.29) is 146 Å². The number of rotatable bonds is 56. The fourth-order valence-electron chi connectivity index (χ4n) is 13.8. The van der Waals surface area contributed by atoms with Crippen molar-refractivity contribution in [1.29, 1.82) is 0 Å². The van der Waals surface area contributed by atoms with E-state index in [1.807, 2.05) is 0 Å². The fraction of sp³-hybridized carbons (Fsp3) is 0.667. The van der Waals surface area contributed by atoms with Crippen molar-refractivity contribution in [3.63, 3.8) is 0 Å². The zero-order valence-electron chi connectivity index (χ0n) is 63.2. The number of carbonyl (C=O) groups excluding carboxylic acids is 4. The van der Waals surface area contributed by atoms with Crippen LogP contribution in [0, 0.1) is 0 Å². The van der Waals surface area contributed by atoms with Crippen molar-refractivity contribution in [2.45, 2.75) is 338 Å². The second-order valence-electron chi connectivity index (χ2n) is 28.0. The van der Waals surface area contributed by atoms with Gasteiger partial charge in [0.25, 0.3) is 0 Å². The molecule has 4 aromatic rings. The summed E-state index contributed by atoms with van der Waals surface area (Å²) in [5.74, 6) is -0.883. The van der Waals surface area contributed by atoms with E-state index in [1.165, 1.54) is 103 Å². The summed E-state index contributed by atoms with van der Waals surface area (Å²) in [4.78, 5) is 59.6. The van der Waals surface area contributed by atoms with Gasteiger partial charge in [0.15, 0.2) is 23.1 Å². The summed E-state index contributed by atoms with van der Waals surface area (Å²) in [5, 5.41) is 26.2. The van der Waals surface area contributed by atoms with Gasteiger partial charge in [0.2, 0.25) is 0 Å². The van der Waals surface area contributed by atoms with Crippen LogP contribution in [0.3, 0.4) is 0 Å². The molecule has 0 saturated carbocycles. The van der Waals surface area contributed by atoms with E-state index in [2.05, 4.69) is 27.7 Å². The molecule has 0 atom stereocenters. The van der Waals surface area contributed by atoms with Crippen LogP contribution in [-0.2, 0) is 52.9 Å². The molecule has 5 rings (SSSR count). The van der Waals surface area contributed by atoms with E-state index >= 15 is 0 Å². The van der Waals surface area contributed by atoms with E-state index in [0.717, 1.165) is 103 Å². The molecule has 100 heavy (non-hydrogen) atoms. The predicted molar refractivity (Wildman–Crippen MR) is 408 cm³/mol. The van der Waals surface area contributed by atoms with Gasteiger partial charge in [0.05, 0.1) is 26.4 Å². The average Bonchev–Trinajstić information content (AvgIpc) is 0.770. The van der Waals surface area contributed by atoms with Gasteiger partial charge >= 0.3 is 15.6 Å². The van der Waals surface area contributed by atoms with Gasteiger partial charge in [-0.2, -0.15) is 0 Å². The molecule has 0 fully saturated rings. The maximum Gasteiger partial charge on any atom is 0.530 e. The number of hydrogen-bond acceptors (Lipinski definition) is 14. The Labute approximate surface area is 604 Å². The molecule has 0 aromatic heterocycles. The molecule has 0 heterocycles. The van der Waals surface area contributed by atoms with Gasteiger partial charge < -0.3 is 19.3 Å². The summed E-state index contributed by atoms with van der Waals surface area (Å²) in [6.07, 6.45) is 38.8. The number of carbonyl (C=O) groups is 4. The fourth-order valence-corrected chi connectivity index (χ4v) is 16.3. The van der Waals surface area contributed by atoms with Crippen LogP contribution in [0.5, 0.6) is 23.0 Å². The first-order valence-corrected chi connectivity index (χ1v) is 42.7. The van der Waals surface area contributed by atoms with Crippen LogP contribution in [0.25, 0.3) is 0 Å². The highest BCUT2D eigenvalue weighted by Gasteiger charge is 2.35. The number of unbranched alkanes of at least 4 members (excludes halogenated alkanes) is 32. The lowest BCUT2D eigenvalue weighted by atomic mass is 9.86. The molecule has 0 aliphatic heterocycles. The predicted octanol–water partition coefficient (Wildman–Crippen LogP) is 25.3. The van der Waals surface area contributed by atoms with Crippen LogP contribution in [0.2, 0.25) is 0 Å². The number of phosphoric acid groups is 2. The van der Waals surface area contributed by atoms with E-state index in [1.54, 1.807) is 76.2 Å². The first kappa shape index (κ1) is 85.7. The summed E-state index contributed by atoms with van der Waals surface area (Å²) in [5.41, 5.74) is 3.75. The van der Waals surface area contributed by atoms with Gasteiger partial charge in [0.1, 0.15) is 23.0 Å². The molecule has 4 aromatic carbocycles. The van der Waals surface area contributed by atoms with E-state index in [0.29, 0.717) is 70.2 Å². The lowest BCUT2D eigenvalue weighted by Crippen LogP contribution is -2.12. The molecular weight excluding hydrogens is 1290 g/mol. The monoisotopic (exact) mass is 1420 g/mol. The first-order chi connectivity index (χ1) is 48.5. The Bertz CT molecular complexity index is 2860. The minimum absolute atomic E-state index is 0.0373. The third-order valence-electron chi connectivity index (χ3n) is 19.4. The van der Waals surface area contributed by atoms with Crippen LogP contribution < -0.4 is 9.05 Å². The number of phosphoric ester groups is 2. The summed E-state index contributed by atoms with van der Waals surface area (Å²) in [7, 11) is -8.88.